The third-order valence-corrected chi connectivity index (χ3v) is 5.58. The molecule has 0 aromatic carbocycles. The number of aromatic nitrogens is 1. The number of piperidine rings is 1. The van der Waals surface area contributed by atoms with Crippen molar-refractivity contribution in [2.75, 3.05) is 20.2 Å². The van der Waals surface area contributed by atoms with Crippen LogP contribution in [0.15, 0.2) is 21.1 Å². The molecule has 0 aliphatic carbocycles. The number of nitrogens with zero attached hydrogens (tertiary/aromatic N) is 3. The van der Waals surface area contributed by atoms with E-state index in [4.69, 9.17) is 13.7 Å². The molecule has 5 heterocycles. The second-order valence-electron chi connectivity index (χ2n) is 7.23. The van der Waals surface area contributed by atoms with Gasteiger partial charge in [-0.1, -0.05) is 5.16 Å². The molecule has 8 nitrogen and oxygen atoms in total. The molecule has 2 amide bonds. The van der Waals surface area contributed by atoms with Crippen molar-refractivity contribution >= 4 is 11.8 Å². The van der Waals surface area contributed by atoms with Gasteiger partial charge in [-0.15, -0.1) is 0 Å². The summed E-state index contributed by atoms with van der Waals surface area (Å²) in [6.07, 6.45) is 1.68. The fourth-order valence-electron chi connectivity index (χ4n) is 4.01. The molecule has 0 unspecified atom stereocenters. The zero-order valence-electron chi connectivity index (χ0n) is 15.7. The van der Waals surface area contributed by atoms with Gasteiger partial charge in [-0.2, -0.15) is 0 Å². The molecule has 27 heavy (non-hydrogen) atoms. The topological polar surface area (TPSA) is 89.0 Å². The van der Waals surface area contributed by atoms with E-state index in [2.05, 4.69) is 5.16 Å². The standard InChI is InChI=1S/C19H23N3O5/c1-11-15(12(2)27-20-11)10-22-14-5-4-13(18(22)23)8-21(9-14)19(24)16-6-7-17(25-3)26-16/h6-7,13-14H,4-5,8-10H2,1-3H3/t13-,14+/m1/s1. The van der Waals surface area contributed by atoms with Gasteiger partial charge in [-0.05, 0) is 32.8 Å². The highest BCUT2D eigenvalue weighted by molar-refractivity contribution is 5.92. The minimum atomic E-state index is -0.206. The number of furan rings is 1. The normalized spacial score (nSPS) is 22.3. The van der Waals surface area contributed by atoms with Gasteiger partial charge in [0.25, 0.3) is 11.9 Å². The average molecular weight is 373 g/mol. The minimum Gasteiger partial charge on any atom is -0.468 e. The van der Waals surface area contributed by atoms with E-state index in [1.165, 1.54) is 7.11 Å². The van der Waals surface area contributed by atoms with Crippen molar-refractivity contribution in [2.45, 2.75) is 39.3 Å². The Kier molecular flexibility index (Phi) is 4.41. The number of carbonyl (C=O) groups excluding carboxylic acids is 2. The summed E-state index contributed by atoms with van der Waals surface area (Å²) in [6.45, 7) is 5.11. The molecule has 8 heteroatoms. The third kappa shape index (κ3) is 3.09. The van der Waals surface area contributed by atoms with Gasteiger partial charge in [0.1, 0.15) is 5.76 Å². The summed E-state index contributed by atoms with van der Waals surface area (Å²) in [6, 6.07) is 3.21. The first-order valence-electron chi connectivity index (χ1n) is 9.13. The van der Waals surface area contributed by atoms with Crippen LogP contribution < -0.4 is 4.74 Å². The Morgan fingerprint density at radius 1 is 1.30 bits per heavy atom. The van der Waals surface area contributed by atoms with Gasteiger partial charge in [0.05, 0.1) is 25.3 Å². The second-order valence-corrected chi connectivity index (χ2v) is 7.23. The molecule has 0 radical (unpaired) electrons. The van der Waals surface area contributed by atoms with Crippen LogP contribution in [-0.4, -0.2) is 53.0 Å². The molecule has 5 rings (SSSR count). The molecule has 3 saturated heterocycles. The molecule has 2 atom stereocenters. The lowest BCUT2D eigenvalue weighted by Gasteiger charge is -2.35. The summed E-state index contributed by atoms with van der Waals surface area (Å²) in [5.41, 5.74) is 1.75. The smallest absolute Gasteiger partial charge is 0.289 e. The molecule has 3 aliphatic heterocycles. The maximum Gasteiger partial charge on any atom is 0.289 e. The van der Waals surface area contributed by atoms with Crippen molar-refractivity contribution in [2.24, 2.45) is 5.92 Å². The van der Waals surface area contributed by atoms with Crippen LogP contribution in [0, 0.1) is 19.8 Å². The van der Waals surface area contributed by atoms with E-state index in [9.17, 15) is 9.59 Å². The number of ether oxygens (including phenoxy) is 1. The SMILES string of the molecule is COc1ccc(C(=O)N2C[C@H]3CC[C@@H](C2)N(Cc2c(C)noc2C)C3=O)o1. The van der Waals surface area contributed by atoms with Crippen molar-refractivity contribution in [1.82, 2.24) is 15.0 Å². The van der Waals surface area contributed by atoms with Gasteiger partial charge in [-0.25, -0.2) is 0 Å². The molecule has 3 fully saturated rings. The van der Waals surface area contributed by atoms with Crippen molar-refractivity contribution in [3.63, 3.8) is 0 Å². The van der Waals surface area contributed by atoms with Gasteiger partial charge in [0, 0.05) is 30.8 Å². The number of hydrogen-bond acceptors (Lipinski definition) is 6. The number of hydrogen-bond donors (Lipinski definition) is 0. The van der Waals surface area contributed by atoms with Crippen molar-refractivity contribution in [1.29, 1.82) is 0 Å². The number of aryl methyl sites for hydroxylation is 2. The monoisotopic (exact) mass is 373 g/mol. The summed E-state index contributed by atoms with van der Waals surface area (Å²) in [4.78, 5) is 29.5. The van der Waals surface area contributed by atoms with Crippen LogP contribution in [0.2, 0.25) is 0 Å². The van der Waals surface area contributed by atoms with Gasteiger partial charge < -0.3 is 23.5 Å². The fourth-order valence-corrected chi connectivity index (χ4v) is 4.01. The minimum absolute atomic E-state index is 0.0224. The lowest BCUT2D eigenvalue weighted by atomic mass is 9.93. The third-order valence-electron chi connectivity index (χ3n) is 5.58. The highest BCUT2D eigenvalue weighted by atomic mass is 16.6. The molecular weight excluding hydrogens is 350 g/mol. The molecule has 3 aliphatic rings. The van der Waals surface area contributed by atoms with Crippen molar-refractivity contribution < 1.29 is 23.3 Å². The van der Waals surface area contributed by atoms with Gasteiger partial charge in [-0.3, -0.25) is 9.59 Å². The van der Waals surface area contributed by atoms with Crippen molar-refractivity contribution in [3.8, 4) is 5.95 Å². The van der Waals surface area contributed by atoms with Gasteiger partial charge in [0.2, 0.25) is 5.91 Å². The van der Waals surface area contributed by atoms with E-state index >= 15 is 0 Å². The maximum absolute atomic E-state index is 13.0. The number of amides is 2. The molecular formula is C19H23N3O5. The largest absolute Gasteiger partial charge is 0.468 e. The lowest BCUT2D eigenvalue weighted by molar-refractivity contribution is -0.140. The summed E-state index contributed by atoms with van der Waals surface area (Å²) in [5.74, 6) is 0.965. The van der Waals surface area contributed by atoms with E-state index in [0.29, 0.717) is 25.6 Å². The summed E-state index contributed by atoms with van der Waals surface area (Å²) in [7, 11) is 1.49. The van der Waals surface area contributed by atoms with Crippen LogP contribution in [0.3, 0.4) is 0 Å². The Balaban J connectivity index is 1.56. The molecule has 0 saturated carbocycles. The Morgan fingerprint density at radius 2 is 2.11 bits per heavy atom. The van der Waals surface area contributed by atoms with Crippen LogP contribution in [0.25, 0.3) is 0 Å². The van der Waals surface area contributed by atoms with E-state index in [-0.39, 0.29) is 29.5 Å². The number of fused-ring (bicyclic) bond motifs is 4. The molecule has 144 valence electrons. The number of rotatable bonds is 4. The van der Waals surface area contributed by atoms with Crippen LogP contribution >= 0.6 is 0 Å². The zero-order valence-corrected chi connectivity index (χ0v) is 15.7. The summed E-state index contributed by atoms with van der Waals surface area (Å²) in [5, 5.41) is 3.98. The van der Waals surface area contributed by atoms with E-state index in [1.807, 2.05) is 18.7 Å². The summed E-state index contributed by atoms with van der Waals surface area (Å²) < 4.78 is 15.7. The summed E-state index contributed by atoms with van der Waals surface area (Å²) >= 11 is 0. The van der Waals surface area contributed by atoms with Gasteiger partial charge >= 0.3 is 0 Å². The predicted octanol–water partition coefficient (Wildman–Crippen LogP) is 2.16. The highest BCUT2D eigenvalue weighted by Crippen LogP contribution is 2.32. The van der Waals surface area contributed by atoms with Crippen molar-refractivity contribution in [3.05, 3.63) is 34.9 Å². The lowest BCUT2D eigenvalue weighted by Crippen LogP contribution is -2.47. The molecule has 2 aromatic rings. The quantitative estimate of drug-likeness (QED) is 0.816. The first-order valence-corrected chi connectivity index (χ1v) is 9.13. The van der Waals surface area contributed by atoms with Crippen LogP contribution in [0.4, 0.5) is 0 Å². The maximum atomic E-state index is 13.0. The molecule has 2 aromatic heterocycles. The molecule has 2 bridgehead atoms. The second kappa shape index (κ2) is 6.75. The first kappa shape index (κ1) is 17.6. The Morgan fingerprint density at radius 3 is 2.78 bits per heavy atom. The number of carbonyl (C=O) groups is 2. The van der Waals surface area contributed by atoms with Crippen LogP contribution in [0.1, 0.15) is 40.4 Å². The van der Waals surface area contributed by atoms with E-state index in [0.717, 1.165) is 29.9 Å². The number of methoxy groups -OCH3 is 1. The Hall–Kier alpha value is -2.77. The van der Waals surface area contributed by atoms with E-state index in [1.54, 1.807) is 17.0 Å². The Labute approximate surface area is 157 Å². The van der Waals surface area contributed by atoms with Crippen LogP contribution in [-0.2, 0) is 11.3 Å². The fraction of sp³-hybridized carbons (Fsp3) is 0.526. The van der Waals surface area contributed by atoms with Crippen LogP contribution in [0.5, 0.6) is 5.95 Å². The predicted molar refractivity (Wildman–Crippen MR) is 94.2 cm³/mol. The highest BCUT2D eigenvalue weighted by Gasteiger charge is 2.42. The molecule has 0 spiro atoms. The van der Waals surface area contributed by atoms with Gasteiger partial charge in [0.15, 0.2) is 5.76 Å². The average Bonchev–Trinajstić information content (AvgIpc) is 3.15. The zero-order chi connectivity index (χ0) is 19.1. The Bertz CT molecular complexity index is 851. The van der Waals surface area contributed by atoms with E-state index < -0.39 is 0 Å². The first-order chi connectivity index (χ1) is 13.0. The molecule has 0 N–H and O–H groups in total.